The molecule has 3 aromatic rings. The van der Waals surface area contributed by atoms with Gasteiger partial charge in [0.15, 0.2) is 0 Å². The molecular formula is C25H26BrN3O3S. The van der Waals surface area contributed by atoms with E-state index >= 15 is 0 Å². The molecular weight excluding hydrogens is 502 g/mol. The van der Waals surface area contributed by atoms with Crippen LogP contribution in [0.2, 0.25) is 0 Å². The van der Waals surface area contributed by atoms with Crippen molar-refractivity contribution in [2.45, 2.75) is 51.3 Å². The van der Waals surface area contributed by atoms with E-state index in [4.69, 9.17) is 4.74 Å². The van der Waals surface area contributed by atoms with Gasteiger partial charge in [-0.3, -0.25) is 9.59 Å². The van der Waals surface area contributed by atoms with Crippen molar-refractivity contribution >= 4 is 39.1 Å². The van der Waals surface area contributed by atoms with Gasteiger partial charge in [-0.25, -0.2) is 4.98 Å². The Labute approximate surface area is 205 Å². The van der Waals surface area contributed by atoms with Crippen LogP contribution < -0.4 is 15.4 Å². The molecule has 8 heteroatoms. The van der Waals surface area contributed by atoms with Gasteiger partial charge < -0.3 is 15.4 Å². The van der Waals surface area contributed by atoms with Crippen molar-refractivity contribution in [2.24, 2.45) is 0 Å². The van der Waals surface area contributed by atoms with Crippen LogP contribution in [0.5, 0.6) is 5.75 Å². The van der Waals surface area contributed by atoms with Crippen LogP contribution in [0.4, 0.5) is 0 Å². The first kappa shape index (κ1) is 23.4. The second-order valence-corrected chi connectivity index (χ2v) is 10.0. The number of carbonyl (C=O) groups excluding carboxylic acids is 2. The number of thiazole rings is 1. The summed E-state index contributed by atoms with van der Waals surface area (Å²) < 4.78 is 6.69. The number of hydrogen-bond acceptors (Lipinski definition) is 5. The maximum absolute atomic E-state index is 12.9. The van der Waals surface area contributed by atoms with Gasteiger partial charge in [0.2, 0.25) is 0 Å². The first-order valence-corrected chi connectivity index (χ1v) is 12.7. The number of aromatic nitrogens is 1. The molecule has 0 bridgehead atoms. The van der Waals surface area contributed by atoms with Crippen molar-refractivity contribution in [1.29, 1.82) is 0 Å². The molecule has 0 aliphatic heterocycles. The van der Waals surface area contributed by atoms with Gasteiger partial charge in [-0.15, -0.1) is 11.3 Å². The molecule has 6 nitrogen and oxygen atoms in total. The summed E-state index contributed by atoms with van der Waals surface area (Å²) in [4.78, 5) is 30.0. The number of amides is 2. The number of halogens is 1. The quantitative estimate of drug-likeness (QED) is 0.438. The average molecular weight is 528 g/mol. The monoisotopic (exact) mass is 527 g/mol. The van der Waals surface area contributed by atoms with Crippen molar-refractivity contribution < 1.29 is 14.3 Å². The number of hydrogen-bond donors (Lipinski definition) is 2. The van der Waals surface area contributed by atoms with Crippen molar-refractivity contribution in [1.82, 2.24) is 15.6 Å². The zero-order chi connectivity index (χ0) is 23.2. The van der Waals surface area contributed by atoms with Gasteiger partial charge in [0.05, 0.1) is 0 Å². The number of rotatable bonds is 7. The van der Waals surface area contributed by atoms with Crippen molar-refractivity contribution in [3.05, 3.63) is 80.2 Å². The van der Waals surface area contributed by atoms with E-state index in [0.717, 1.165) is 40.9 Å². The van der Waals surface area contributed by atoms with E-state index in [1.165, 1.54) is 16.9 Å². The van der Waals surface area contributed by atoms with E-state index in [0.29, 0.717) is 17.9 Å². The maximum Gasteiger partial charge on any atom is 0.271 e. The lowest BCUT2D eigenvalue weighted by atomic mass is 9.90. The molecule has 172 valence electrons. The number of nitrogens with zero attached hydrogens (tertiary/aromatic N) is 1. The molecule has 2 atom stereocenters. The predicted octanol–water partition coefficient (Wildman–Crippen LogP) is 5.26. The Morgan fingerprint density at radius 2 is 1.64 bits per heavy atom. The number of aryl methyl sites for hydroxylation is 1. The van der Waals surface area contributed by atoms with E-state index in [2.05, 4.69) is 31.5 Å². The summed E-state index contributed by atoms with van der Waals surface area (Å²) in [5.41, 5.74) is 2.15. The van der Waals surface area contributed by atoms with Gasteiger partial charge in [0.1, 0.15) is 23.1 Å². The summed E-state index contributed by atoms with van der Waals surface area (Å²) >= 11 is 4.79. The number of benzene rings is 2. The number of ether oxygens (including phenoxy) is 1. The van der Waals surface area contributed by atoms with Crippen molar-refractivity contribution in [2.75, 3.05) is 0 Å². The van der Waals surface area contributed by atoms with Crippen LogP contribution >= 0.6 is 27.3 Å². The number of nitrogens with one attached hydrogen (secondary N) is 2. The van der Waals surface area contributed by atoms with E-state index in [1.54, 1.807) is 17.5 Å². The summed E-state index contributed by atoms with van der Waals surface area (Å²) in [6.07, 6.45) is 3.70. The molecule has 1 aliphatic carbocycles. The van der Waals surface area contributed by atoms with Gasteiger partial charge in [-0.05, 0) is 56.2 Å². The first-order chi connectivity index (χ1) is 16.0. The van der Waals surface area contributed by atoms with Crippen LogP contribution in [0.15, 0.2) is 58.4 Å². The minimum Gasteiger partial charge on any atom is -0.486 e. The normalized spacial score (nSPS) is 17.9. The van der Waals surface area contributed by atoms with Gasteiger partial charge in [0.25, 0.3) is 11.8 Å². The highest BCUT2D eigenvalue weighted by Gasteiger charge is 2.29. The molecule has 1 fully saturated rings. The highest BCUT2D eigenvalue weighted by atomic mass is 79.9. The molecule has 1 heterocycles. The van der Waals surface area contributed by atoms with Crippen LogP contribution in [0, 0.1) is 6.92 Å². The van der Waals surface area contributed by atoms with E-state index in [9.17, 15) is 9.59 Å². The van der Waals surface area contributed by atoms with Crippen LogP contribution in [0.3, 0.4) is 0 Å². The lowest BCUT2D eigenvalue weighted by Crippen LogP contribution is -2.53. The third kappa shape index (κ3) is 6.42. The first-order valence-electron chi connectivity index (χ1n) is 11.0. The molecule has 2 amide bonds. The molecule has 0 radical (unpaired) electrons. The molecule has 33 heavy (non-hydrogen) atoms. The molecule has 0 spiro atoms. The molecule has 1 saturated carbocycles. The van der Waals surface area contributed by atoms with E-state index in [1.807, 2.05) is 43.3 Å². The van der Waals surface area contributed by atoms with Gasteiger partial charge in [-0.2, -0.15) is 0 Å². The average Bonchev–Trinajstić information content (AvgIpc) is 3.30. The van der Waals surface area contributed by atoms with Crippen LogP contribution in [-0.2, 0) is 6.61 Å². The smallest absolute Gasteiger partial charge is 0.271 e. The lowest BCUT2D eigenvalue weighted by Gasteiger charge is -2.32. The Balaban J connectivity index is 1.33. The van der Waals surface area contributed by atoms with Gasteiger partial charge in [0, 0.05) is 27.5 Å². The summed E-state index contributed by atoms with van der Waals surface area (Å²) in [7, 11) is 0. The van der Waals surface area contributed by atoms with Crippen molar-refractivity contribution in [3.8, 4) is 5.75 Å². The predicted molar refractivity (Wildman–Crippen MR) is 133 cm³/mol. The third-order valence-electron chi connectivity index (χ3n) is 5.67. The molecule has 1 aromatic heterocycles. The Hall–Kier alpha value is -2.71. The molecule has 2 N–H and O–H groups in total. The zero-order valence-electron chi connectivity index (χ0n) is 18.3. The Morgan fingerprint density at radius 1 is 1.00 bits per heavy atom. The largest absolute Gasteiger partial charge is 0.486 e. The summed E-state index contributed by atoms with van der Waals surface area (Å²) in [5.74, 6) is 0.425. The molecule has 1 aliphatic rings. The summed E-state index contributed by atoms with van der Waals surface area (Å²) in [5, 5.41) is 8.68. The fourth-order valence-corrected chi connectivity index (χ4v) is 4.78. The number of carbonyl (C=O) groups is 2. The molecule has 0 unspecified atom stereocenters. The Morgan fingerprint density at radius 3 is 2.30 bits per heavy atom. The molecule has 2 aromatic carbocycles. The van der Waals surface area contributed by atoms with Crippen LogP contribution in [-0.4, -0.2) is 28.9 Å². The maximum atomic E-state index is 12.9. The highest BCUT2D eigenvalue weighted by Crippen LogP contribution is 2.21. The Kier molecular flexibility index (Phi) is 7.77. The Bertz CT molecular complexity index is 1100. The lowest BCUT2D eigenvalue weighted by molar-refractivity contribution is 0.0860. The topological polar surface area (TPSA) is 80.3 Å². The minimum absolute atomic E-state index is 0.109. The second kappa shape index (κ2) is 10.9. The van der Waals surface area contributed by atoms with Crippen molar-refractivity contribution in [3.63, 3.8) is 0 Å². The fraction of sp³-hybridized carbons (Fsp3) is 0.320. The minimum atomic E-state index is -0.220. The van der Waals surface area contributed by atoms with E-state index in [-0.39, 0.29) is 23.9 Å². The third-order valence-corrected chi connectivity index (χ3v) is 7.02. The van der Waals surface area contributed by atoms with E-state index < -0.39 is 0 Å². The fourth-order valence-electron chi connectivity index (χ4n) is 3.83. The second-order valence-electron chi connectivity index (χ2n) is 8.18. The summed E-state index contributed by atoms with van der Waals surface area (Å²) in [6.45, 7) is 2.34. The van der Waals surface area contributed by atoms with Gasteiger partial charge in [-0.1, -0.05) is 46.5 Å². The standard InChI is InChI=1S/C25H26BrN3O3S/c1-16-6-12-19(13-7-16)32-14-23-27-22(15-33-23)25(31)29-21-5-3-2-4-20(21)28-24(30)17-8-10-18(26)11-9-17/h6-13,15,20-21H,2-5,14H2,1H3,(H,28,30)(H,29,31)/t20-,21+/m1/s1. The zero-order valence-corrected chi connectivity index (χ0v) is 20.7. The van der Waals surface area contributed by atoms with Crippen LogP contribution in [0.1, 0.15) is 57.1 Å². The van der Waals surface area contributed by atoms with Crippen LogP contribution in [0.25, 0.3) is 0 Å². The summed E-state index contributed by atoms with van der Waals surface area (Å²) in [6, 6.07) is 14.8. The van der Waals surface area contributed by atoms with Gasteiger partial charge >= 0.3 is 0 Å². The highest BCUT2D eigenvalue weighted by molar-refractivity contribution is 9.10. The SMILES string of the molecule is Cc1ccc(OCc2nc(C(=O)N[C@H]3CCCC[C@H]3NC(=O)c3ccc(Br)cc3)cs2)cc1. The molecule has 0 saturated heterocycles. The molecule has 4 rings (SSSR count).